The van der Waals surface area contributed by atoms with Gasteiger partial charge in [0, 0.05) is 29.2 Å². The van der Waals surface area contributed by atoms with E-state index in [0.29, 0.717) is 18.4 Å². The standard InChI is InChI=1S/C19H20BrN3O2S/c1-12-3-7-14(11-16(12)20)18(25)23-19(26)22-15-8-4-13(5-9-15)6-10-17(24)21-2/h3-5,7-9,11H,6,10H2,1-2H3,(H,21,24)(H2,22,23,25,26). The predicted octanol–water partition coefficient (Wildman–Crippen LogP) is 3.56. The van der Waals surface area contributed by atoms with E-state index in [4.69, 9.17) is 12.2 Å². The number of carbonyl (C=O) groups is 2. The van der Waals surface area contributed by atoms with Crippen molar-refractivity contribution in [2.45, 2.75) is 19.8 Å². The summed E-state index contributed by atoms with van der Waals surface area (Å²) in [6, 6.07) is 12.9. The number of aryl methyl sites for hydroxylation is 2. The summed E-state index contributed by atoms with van der Waals surface area (Å²) in [5.74, 6) is -0.260. The van der Waals surface area contributed by atoms with Crippen LogP contribution in [0.15, 0.2) is 46.9 Å². The van der Waals surface area contributed by atoms with Gasteiger partial charge in [-0.15, -0.1) is 0 Å². The number of amides is 2. The van der Waals surface area contributed by atoms with Gasteiger partial charge in [0.05, 0.1) is 0 Å². The first-order chi connectivity index (χ1) is 12.4. The third kappa shape index (κ3) is 5.93. The van der Waals surface area contributed by atoms with Crippen LogP contribution in [0.3, 0.4) is 0 Å². The lowest BCUT2D eigenvalue weighted by Gasteiger charge is -2.11. The van der Waals surface area contributed by atoms with Crippen LogP contribution in [-0.2, 0) is 11.2 Å². The molecule has 2 amide bonds. The molecule has 3 N–H and O–H groups in total. The minimum absolute atomic E-state index is 0.0128. The molecule has 2 aromatic rings. The van der Waals surface area contributed by atoms with E-state index in [-0.39, 0.29) is 16.9 Å². The molecule has 7 heteroatoms. The van der Waals surface area contributed by atoms with Crippen molar-refractivity contribution in [3.05, 3.63) is 63.6 Å². The number of hydrogen-bond acceptors (Lipinski definition) is 3. The van der Waals surface area contributed by atoms with E-state index in [2.05, 4.69) is 31.9 Å². The minimum atomic E-state index is -0.273. The molecule has 0 aliphatic rings. The number of thiocarbonyl (C=S) groups is 1. The molecule has 0 saturated carbocycles. The summed E-state index contributed by atoms with van der Waals surface area (Å²) in [4.78, 5) is 23.5. The van der Waals surface area contributed by atoms with Crippen LogP contribution in [0.4, 0.5) is 5.69 Å². The maximum absolute atomic E-state index is 12.2. The van der Waals surface area contributed by atoms with Crippen molar-refractivity contribution >= 4 is 50.8 Å². The van der Waals surface area contributed by atoms with Crippen molar-refractivity contribution in [2.24, 2.45) is 0 Å². The van der Waals surface area contributed by atoms with Gasteiger partial charge in [-0.25, -0.2) is 0 Å². The summed E-state index contributed by atoms with van der Waals surface area (Å²) in [5.41, 5.74) is 3.40. The number of nitrogens with one attached hydrogen (secondary N) is 3. The third-order valence-electron chi connectivity index (χ3n) is 3.79. The molecule has 2 aromatic carbocycles. The molecule has 0 aliphatic carbocycles. The first kappa shape index (κ1) is 20.1. The van der Waals surface area contributed by atoms with Gasteiger partial charge in [-0.05, 0) is 61.0 Å². The molecule has 2 rings (SSSR count). The molecular weight excluding hydrogens is 414 g/mol. The first-order valence-electron chi connectivity index (χ1n) is 8.07. The average molecular weight is 434 g/mol. The Morgan fingerprint density at radius 3 is 2.42 bits per heavy atom. The maximum atomic E-state index is 12.2. The molecule has 0 heterocycles. The molecule has 0 aromatic heterocycles. The number of hydrogen-bond donors (Lipinski definition) is 3. The Kier molecular flexibility index (Phi) is 7.29. The number of halogens is 1. The van der Waals surface area contributed by atoms with E-state index >= 15 is 0 Å². The Labute approximate surface area is 166 Å². The second-order valence-corrected chi connectivity index (χ2v) is 7.00. The summed E-state index contributed by atoms with van der Waals surface area (Å²) in [6.07, 6.45) is 1.12. The smallest absolute Gasteiger partial charge is 0.257 e. The zero-order chi connectivity index (χ0) is 19.1. The van der Waals surface area contributed by atoms with Crippen LogP contribution in [0.1, 0.15) is 27.9 Å². The number of anilines is 1. The highest BCUT2D eigenvalue weighted by Gasteiger charge is 2.09. The zero-order valence-corrected chi connectivity index (χ0v) is 17.0. The van der Waals surface area contributed by atoms with E-state index < -0.39 is 0 Å². The van der Waals surface area contributed by atoms with Crippen molar-refractivity contribution in [2.75, 3.05) is 12.4 Å². The number of rotatable bonds is 5. The Morgan fingerprint density at radius 2 is 1.81 bits per heavy atom. The van der Waals surface area contributed by atoms with E-state index in [1.54, 1.807) is 19.2 Å². The summed E-state index contributed by atoms with van der Waals surface area (Å²) < 4.78 is 0.872. The Hall–Kier alpha value is -2.25. The van der Waals surface area contributed by atoms with Gasteiger partial charge in [0.1, 0.15) is 0 Å². The lowest BCUT2D eigenvalue weighted by atomic mass is 10.1. The topological polar surface area (TPSA) is 70.2 Å². The summed E-state index contributed by atoms with van der Waals surface area (Å²) in [7, 11) is 1.62. The van der Waals surface area contributed by atoms with Crippen molar-refractivity contribution < 1.29 is 9.59 Å². The van der Waals surface area contributed by atoms with E-state index in [0.717, 1.165) is 21.3 Å². The van der Waals surface area contributed by atoms with Gasteiger partial charge in [-0.1, -0.05) is 34.1 Å². The average Bonchev–Trinajstić information content (AvgIpc) is 2.62. The van der Waals surface area contributed by atoms with Crippen LogP contribution in [0.25, 0.3) is 0 Å². The van der Waals surface area contributed by atoms with Crippen molar-refractivity contribution in [1.29, 1.82) is 0 Å². The molecule has 0 saturated heterocycles. The van der Waals surface area contributed by atoms with Crippen LogP contribution >= 0.6 is 28.1 Å². The molecule has 0 bridgehead atoms. The van der Waals surface area contributed by atoms with Crippen LogP contribution in [0.5, 0.6) is 0 Å². The van der Waals surface area contributed by atoms with E-state index in [1.165, 1.54) is 0 Å². The Balaban J connectivity index is 1.89. The highest BCUT2D eigenvalue weighted by Crippen LogP contribution is 2.17. The molecule has 5 nitrogen and oxygen atoms in total. The van der Waals surface area contributed by atoms with Crippen LogP contribution < -0.4 is 16.0 Å². The molecule has 0 spiro atoms. The fourth-order valence-corrected chi connectivity index (χ4v) is 2.80. The summed E-state index contributed by atoms with van der Waals surface area (Å²) >= 11 is 8.61. The van der Waals surface area contributed by atoms with Crippen LogP contribution in [0.2, 0.25) is 0 Å². The van der Waals surface area contributed by atoms with Crippen molar-refractivity contribution in [1.82, 2.24) is 10.6 Å². The molecule has 0 aliphatic heterocycles. The van der Waals surface area contributed by atoms with Gasteiger partial charge in [-0.3, -0.25) is 14.9 Å². The van der Waals surface area contributed by atoms with Gasteiger partial charge in [0.25, 0.3) is 5.91 Å². The highest BCUT2D eigenvalue weighted by atomic mass is 79.9. The van der Waals surface area contributed by atoms with Gasteiger partial charge in [0.2, 0.25) is 5.91 Å². The van der Waals surface area contributed by atoms with Crippen LogP contribution in [-0.4, -0.2) is 24.0 Å². The fourth-order valence-electron chi connectivity index (χ4n) is 2.21. The highest BCUT2D eigenvalue weighted by molar-refractivity contribution is 9.10. The number of benzene rings is 2. The molecule has 0 unspecified atom stereocenters. The quantitative estimate of drug-likeness (QED) is 0.630. The second kappa shape index (κ2) is 9.45. The lowest BCUT2D eigenvalue weighted by Crippen LogP contribution is -2.34. The van der Waals surface area contributed by atoms with Gasteiger partial charge in [-0.2, -0.15) is 0 Å². The minimum Gasteiger partial charge on any atom is -0.359 e. The molecule has 0 atom stereocenters. The summed E-state index contributed by atoms with van der Waals surface area (Å²) in [6.45, 7) is 1.95. The van der Waals surface area contributed by atoms with Gasteiger partial charge < -0.3 is 10.6 Å². The maximum Gasteiger partial charge on any atom is 0.257 e. The first-order valence-corrected chi connectivity index (χ1v) is 9.27. The SMILES string of the molecule is CNC(=O)CCc1ccc(NC(=S)NC(=O)c2ccc(C)c(Br)c2)cc1. The van der Waals surface area contributed by atoms with Crippen molar-refractivity contribution in [3.8, 4) is 0 Å². The van der Waals surface area contributed by atoms with Gasteiger partial charge >= 0.3 is 0 Å². The Bertz CT molecular complexity index is 822. The van der Waals surface area contributed by atoms with E-state index in [9.17, 15) is 9.59 Å². The molecule has 26 heavy (non-hydrogen) atoms. The summed E-state index contributed by atoms with van der Waals surface area (Å²) in [5, 5.41) is 8.47. The molecule has 0 radical (unpaired) electrons. The van der Waals surface area contributed by atoms with Crippen molar-refractivity contribution in [3.63, 3.8) is 0 Å². The van der Waals surface area contributed by atoms with Crippen LogP contribution in [0, 0.1) is 6.92 Å². The number of carbonyl (C=O) groups excluding carboxylic acids is 2. The molecule has 0 fully saturated rings. The third-order valence-corrected chi connectivity index (χ3v) is 4.85. The normalized spacial score (nSPS) is 10.1. The molecule has 136 valence electrons. The fraction of sp³-hybridized carbons (Fsp3) is 0.211. The predicted molar refractivity (Wildman–Crippen MR) is 111 cm³/mol. The monoisotopic (exact) mass is 433 g/mol. The zero-order valence-electron chi connectivity index (χ0n) is 14.6. The largest absolute Gasteiger partial charge is 0.359 e. The van der Waals surface area contributed by atoms with E-state index in [1.807, 2.05) is 37.3 Å². The Morgan fingerprint density at radius 1 is 1.12 bits per heavy atom. The molecular formula is C19H20BrN3O2S. The second-order valence-electron chi connectivity index (χ2n) is 5.74. The van der Waals surface area contributed by atoms with Gasteiger partial charge in [0.15, 0.2) is 5.11 Å². The lowest BCUT2D eigenvalue weighted by molar-refractivity contribution is -0.120.